The maximum Gasteiger partial charge on any atom is 0.216 e. The average Bonchev–Trinajstić information content (AvgIpc) is 2.53. The molecular weight excluding hydrogens is 288 g/mol. The van der Waals surface area contributed by atoms with Crippen LogP contribution in [0.1, 0.15) is 93.5 Å². The smallest absolute Gasteiger partial charge is 0.216 e. The summed E-state index contributed by atoms with van der Waals surface area (Å²) < 4.78 is 0. The van der Waals surface area contributed by atoms with Gasteiger partial charge in [0, 0.05) is 5.56 Å². The van der Waals surface area contributed by atoms with Crippen LogP contribution in [0.3, 0.4) is 0 Å². The van der Waals surface area contributed by atoms with Crippen molar-refractivity contribution in [3.63, 3.8) is 0 Å². The van der Waals surface area contributed by atoms with Gasteiger partial charge < -0.3 is 0 Å². The van der Waals surface area contributed by atoms with Crippen LogP contribution in [0.25, 0.3) is 0 Å². The minimum absolute atomic E-state index is 0.138. The van der Waals surface area contributed by atoms with Crippen molar-refractivity contribution in [2.24, 2.45) is 0 Å². The minimum Gasteiger partial charge on any atom is -0.282 e. The molecule has 2 heteroatoms. The monoisotopic (exact) mass is 320 g/mol. The van der Waals surface area contributed by atoms with Crippen LogP contribution in [-0.4, -0.2) is 5.12 Å². The zero-order valence-corrected chi connectivity index (χ0v) is 15.0. The molecule has 0 radical (unpaired) electrons. The SMILES string of the molecule is CCCCCCCCCCCCCc1cccc(C(=O)S)c1. The van der Waals surface area contributed by atoms with Gasteiger partial charge in [-0.1, -0.05) is 89.3 Å². The second-order valence-electron chi connectivity index (χ2n) is 6.29. The summed E-state index contributed by atoms with van der Waals surface area (Å²) in [6.07, 6.45) is 16.1. The van der Waals surface area contributed by atoms with Gasteiger partial charge in [0.1, 0.15) is 0 Å². The molecule has 0 aromatic heterocycles. The Hall–Kier alpha value is -0.760. The van der Waals surface area contributed by atoms with Gasteiger partial charge in [0.05, 0.1) is 0 Å². The lowest BCUT2D eigenvalue weighted by Crippen LogP contribution is -1.92. The van der Waals surface area contributed by atoms with Gasteiger partial charge in [-0.3, -0.25) is 4.79 Å². The maximum atomic E-state index is 11.2. The Morgan fingerprint density at radius 2 is 1.41 bits per heavy atom. The summed E-state index contributed by atoms with van der Waals surface area (Å²) in [6, 6.07) is 7.87. The third-order valence-electron chi connectivity index (χ3n) is 4.24. The number of aryl methyl sites for hydroxylation is 1. The van der Waals surface area contributed by atoms with Gasteiger partial charge in [0.2, 0.25) is 5.12 Å². The van der Waals surface area contributed by atoms with Gasteiger partial charge in [-0.2, -0.15) is 0 Å². The number of benzene rings is 1. The van der Waals surface area contributed by atoms with E-state index in [-0.39, 0.29) is 5.12 Å². The Balaban J connectivity index is 1.97. The normalized spacial score (nSPS) is 10.8. The van der Waals surface area contributed by atoms with Crippen molar-refractivity contribution in [1.29, 1.82) is 0 Å². The Bertz CT molecular complexity index is 414. The fraction of sp³-hybridized carbons (Fsp3) is 0.650. The standard InChI is InChI=1S/C20H32OS/c1-2-3-4-5-6-7-8-9-10-11-12-14-18-15-13-16-19(17-18)20(21)22/h13,15-17H,2-12,14H2,1H3,(H,21,22). The average molecular weight is 321 g/mol. The van der Waals surface area contributed by atoms with Crippen LogP contribution >= 0.6 is 12.6 Å². The number of hydrogen-bond donors (Lipinski definition) is 1. The van der Waals surface area contributed by atoms with Gasteiger partial charge in [-0.25, -0.2) is 0 Å². The summed E-state index contributed by atoms with van der Waals surface area (Å²) in [5.74, 6) is 0. The molecule has 124 valence electrons. The highest BCUT2D eigenvalue weighted by molar-refractivity contribution is 7.97. The fourth-order valence-corrected chi connectivity index (χ4v) is 2.99. The first-order valence-corrected chi connectivity index (χ1v) is 9.51. The van der Waals surface area contributed by atoms with E-state index in [9.17, 15) is 4.79 Å². The van der Waals surface area contributed by atoms with Crippen molar-refractivity contribution in [2.75, 3.05) is 0 Å². The molecule has 0 aliphatic rings. The molecule has 0 fully saturated rings. The molecule has 1 aromatic carbocycles. The van der Waals surface area contributed by atoms with Crippen LogP contribution in [0.5, 0.6) is 0 Å². The molecule has 1 rings (SSSR count). The van der Waals surface area contributed by atoms with Crippen molar-refractivity contribution in [1.82, 2.24) is 0 Å². The first kappa shape index (κ1) is 19.3. The molecule has 0 spiro atoms. The second kappa shape index (κ2) is 12.8. The maximum absolute atomic E-state index is 11.2. The van der Waals surface area contributed by atoms with E-state index in [1.165, 1.54) is 76.2 Å². The zero-order chi connectivity index (χ0) is 16.0. The largest absolute Gasteiger partial charge is 0.282 e. The molecule has 0 saturated carbocycles. The number of carbonyl (C=O) groups is 1. The highest BCUT2D eigenvalue weighted by atomic mass is 32.1. The molecule has 0 heterocycles. The topological polar surface area (TPSA) is 17.1 Å². The van der Waals surface area contributed by atoms with Crippen LogP contribution in [0, 0.1) is 0 Å². The van der Waals surface area contributed by atoms with E-state index in [2.05, 4.69) is 25.6 Å². The number of hydrogen-bond acceptors (Lipinski definition) is 1. The summed E-state index contributed by atoms with van der Waals surface area (Å²) in [5, 5.41) is -0.138. The molecule has 1 nitrogen and oxygen atoms in total. The van der Waals surface area contributed by atoms with E-state index in [1.54, 1.807) is 0 Å². The molecule has 0 unspecified atom stereocenters. The third kappa shape index (κ3) is 9.30. The highest BCUT2D eigenvalue weighted by Crippen LogP contribution is 2.14. The van der Waals surface area contributed by atoms with Crippen LogP contribution in [0.15, 0.2) is 24.3 Å². The van der Waals surface area contributed by atoms with Crippen LogP contribution in [0.2, 0.25) is 0 Å². The van der Waals surface area contributed by atoms with E-state index >= 15 is 0 Å². The van der Waals surface area contributed by atoms with Crippen LogP contribution < -0.4 is 0 Å². The third-order valence-corrected chi connectivity index (χ3v) is 4.50. The zero-order valence-electron chi connectivity index (χ0n) is 14.2. The van der Waals surface area contributed by atoms with Gasteiger partial charge in [-0.15, -0.1) is 12.6 Å². The Kier molecular flexibility index (Phi) is 11.2. The predicted octanol–water partition coefficient (Wildman–Crippen LogP) is 6.61. The van der Waals surface area contributed by atoms with Gasteiger partial charge in [-0.05, 0) is 24.5 Å². The molecule has 0 aliphatic carbocycles. The van der Waals surface area contributed by atoms with E-state index in [0.29, 0.717) is 5.56 Å². The molecule has 0 bridgehead atoms. The molecule has 0 aliphatic heterocycles. The molecule has 22 heavy (non-hydrogen) atoms. The summed E-state index contributed by atoms with van der Waals surface area (Å²) in [5.41, 5.74) is 1.97. The van der Waals surface area contributed by atoms with Gasteiger partial charge in [0.15, 0.2) is 0 Å². The Labute approximate surface area is 142 Å². The van der Waals surface area contributed by atoms with Crippen molar-refractivity contribution in [2.45, 2.75) is 84.0 Å². The summed E-state index contributed by atoms with van der Waals surface area (Å²) in [6.45, 7) is 2.27. The van der Waals surface area contributed by atoms with Gasteiger partial charge in [0.25, 0.3) is 0 Å². The first-order valence-electron chi connectivity index (χ1n) is 9.06. The number of carbonyl (C=O) groups excluding carboxylic acids is 1. The second-order valence-corrected chi connectivity index (χ2v) is 6.70. The molecule has 0 amide bonds. The molecule has 0 atom stereocenters. The highest BCUT2D eigenvalue weighted by Gasteiger charge is 2.01. The Morgan fingerprint density at radius 1 is 0.864 bits per heavy atom. The Morgan fingerprint density at radius 3 is 1.95 bits per heavy atom. The number of thiol groups is 1. The van der Waals surface area contributed by atoms with E-state index in [0.717, 1.165) is 6.42 Å². The fourth-order valence-electron chi connectivity index (χ4n) is 2.85. The van der Waals surface area contributed by atoms with Crippen molar-refractivity contribution < 1.29 is 4.79 Å². The minimum atomic E-state index is -0.138. The van der Waals surface area contributed by atoms with E-state index < -0.39 is 0 Å². The summed E-state index contributed by atoms with van der Waals surface area (Å²) in [4.78, 5) is 11.2. The molecular formula is C20H32OS. The molecule has 0 saturated heterocycles. The first-order chi connectivity index (χ1) is 10.7. The molecule has 1 aromatic rings. The number of unbranched alkanes of at least 4 members (excludes halogenated alkanes) is 10. The number of rotatable bonds is 13. The van der Waals surface area contributed by atoms with Crippen LogP contribution in [0.4, 0.5) is 0 Å². The van der Waals surface area contributed by atoms with Crippen molar-refractivity contribution in [3.05, 3.63) is 35.4 Å². The quantitative estimate of drug-likeness (QED) is 0.319. The lowest BCUT2D eigenvalue weighted by atomic mass is 10.0. The van der Waals surface area contributed by atoms with Crippen molar-refractivity contribution >= 4 is 17.7 Å². The van der Waals surface area contributed by atoms with Gasteiger partial charge >= 0.3 is 0 Å². The lowest BCUT2D eigenvalue weighted by Gasteiger charge is -2.04. The predicted molar refractivity (Wildman–Crippen MR) is 99.9 cm³/mol. The molecule has 0 N–H and O–H groups in total. The van der Waals surface area contributed by atoms with E-state index in [1.807, 2.05) is 18.2 Å². The lowest BCUT2D eigenvalue weighted by molar-refractivity contribution is 0.109. The summed E-state index contributed by atoms with van der Waals surface area (Å²) in [7, 11) is 0. The van der Waals surface area contributed by atoms with Crippen LogP contribution in [-0.2, 0) is 6.42 Å². The van der Waals surface area contributed by atoms with Crippen molar-refractivity contribution in [3.8, 4) is 0 Å². The summed E-state index contributed by atoms with van der Waals surface area (Å²) >= 11 is 3.88. The van der Waals surface area contributed by atoms with E-state index in [4.69, 9.17) is 0 Å².